The van der Waals surface area contributed by atoms with Crippen LogP contribution in [0.5, 0.6) is 0 Å². The summed E-state index contributed by atoms with van der Waals surface area (Å²) in [6.07, 6.45) is 2.19. The molecule has 4 aromatic rings. The molecule has 0 atom stereocenters. The van der Waals surface area contributed by atoms with Crippen LogP contribution in [-0.4, -0.2) is 39.9 Å². The van der Waals surface area contributed by atoms with Crippen molar-refractivity contribution in [2.24, 2.45) is 0 Å². The van der Waals surface area contributed by atoms with Gasteiger partial charge in [0.1, 0.15) is 59.3 Å². The van der Waals surface area contributed by atoms with Crippen LogP contribution in [0.3, 0.4) is 0 Å². The van der Waals surface area contributed by atoms with Gasteiger partial charge in [-0.15, -0.1) is 0 Å². The van der Waals surface area contributed by atoms with Crippen molar-refractivity contribution in [1.29, 1.82) is 42.1 Å². The summed E-state index contributed by atoms with van der Waals surface area (Å²) >= 11 is 0. The summed E-state index contributed by atoms with van der Waals surface area (Å²) in [5.74, 6) is -0.873. The van der Waals surface area contributed by atoms with Crippen molar-refractivity contribution in [3.8, 4) is 48.6 Å². The Morgan fingerprint density at radius 3 is 1.02 bits per heavy atom. The molecule has 0 N–H and O–H groups in total. The van der Waals surface area contributed by atoms with Crippen molar-refractivity contribution in [3.63, 3.8) is 0 Å². The largest absolute Gasteiger partial charge is 0.234 e. The third-order valence-corrected chi connectivity index (χ3v) is 4.95. The lowest BCUT2D eigenvalue weighted by atomic mass is 10.0. The Kier molecular flexibility index (Phi) is 6.63. The van der Waals surface area contributed by atoms with Gasteiger partial charge in [0.2, 0.25) is 11.6 Å². The molecule has 0 aliphatic rings. The van der Waals surface area contributed by atoms with Gasteiger partial charge in [0.05, 0.1) is 34.7 Å². The molecule has 16 heteroatoms. The maximum atomic E-state index is 9.83. The Hall–Kier alpha value is -7.76. The molecule has 0 aliphatic heterocycles. The molecule has 0 spiro atoms. The van der Waals surface area contributed by atoms with Crippen LogP contribution in [-0.2, 0) is 0 Å². The third-order valence-electron chi connectivity index (χ3n) is 4.95. The molecule has 0 aliphatic carbocycles. The van der Waals surface area contributed by atoms with E-state index >= 15 is 0 Å². The van der Waals surface area contributed by atoms with Gasteiger partial charge in [-0.2, -0.15) is 42.1 Å². The van der Waals surface area contributed by atoms with Gasteiger partial charge in [-0.1, -0.05) is 0 Å². The first-order valence-corrected chi connectivity index (χ1v) is 10.3. The maximum absolute atomic E-state index is 9.83. The SMILES string of the molecule is N#C/C(c1c(C#N)nc(C#N)nc1C#N)=c1/cnc2n/c(=C(/C#N)c3c(C#N)nc(C#N)nc3C#N)cnc2n1. The third kappa shape index (κ3) is 4.22. The maximum Gasteiger partial charge on any atom is 0.234 e. The first-order valence-electron chi connectivity index (χ1n) is 10.3. The molecule has 0 amide bonds. The van der Waals surface area contributed by atoms with Crippen molar-refractivity contribution in [2.45, 2.75) is 0 Å². The van der Waals surface area contributed by atoms with E-state index in [1.165, 1.54) is 0 Å². The smallest absolute Gasteiger partial charge is 0.232 e. The zero-order valence-corrected chi connectivity index (χ0v) is 19.3. The Morgan fingerprint density at radius 1 is 0.450 bits per heavy atom. The molecule has 0 radical (unpaired) electrons. The number of nitrogens with zero attached hydrogens (tertiary/aromatic N) is 16. The van der Waals surface area contributed by atoms with E-state index in [-0.39, 0.29) is 44.3 Å². The second kappa shape index (κ2) is 10.5. The molecule has 0 aromatic carbocycles. The van der Waals surface area contributed by atoms with Crippen LogP contribution in [0.1, 0.15) is 45.6 Å². The molecule has 4 heterocycles. The van der Waals surface area contributed by atoms with Crippen molar-refractivity contribution < 1.29 is 0 Å². The Balaban J connectivity index is 2.03. The fourth-order valence-corrected chi connectivity index (χ4v) is 3.35. The monoisotopic (exact) mass is 514 g/mol. The Bertz CT molecular complexity index is 2030. The molecular formula is C24H2N16. The van der Waals surface area contributed by atoms with E-state index in [1.807, 2.05) is 12.1 Å². The van der Waals surface area contributed by atoms with Crippen LogP contribution in [0.15, 0.2) is 12.4 Å². The van der Waals surface area contributed by atoms with E-state index < -0.39 is 34.4 Å². The lowest BCUT2D eigenvalue weighted by Crippen LogP contribution is -2.20. The topological polar surface area (TPSA) is 293 Å². The molecule has 0 saturated heterocycles. The van der Waals surface area contributed by atoms with Gasteiger partial charge in [0.25, 0.3) is 0 Å². The van der Waals surface area contributed by atoms with Crippen LogP contribution in [0.4, 0.5) is 0 Å². The summed E-state index contributed by atoms with van der Waals surface area (Å²) in [4.78, 5) is 31.6. The second-order valence-electron chi connectivity index (χ2n) is 7.04. The van der Waals surface area contributed by atoms with E-state index in [0.29, 0.717) is 0 Å². The highest BCUT2D eigenvalue weighted by Gasteiger charge is 2.21. The van der Waals surface area contributed by atoms with Gasteiger partial charge < -0.3 is 0 Å². The highest BCUT2D eigenvalue weighted by Crippen LogP contribution is 2.20. The summed E-state index contributed by atoms with van der Waals surface area (Å²) in [5, 5.41) is 75.5. The molecule has 178 valence electrons. The zero-order chi connectivity index (χ0) is 28.8. The average Bonchev–Trinajstić information content (AvgIpc) is 3.01. The number of nitriles is 8. The standard InChI is InChI=1S/C24H2N16/c25-1-11(21-13(3-27)35-19(7-31)36-14(21)4-28)17-9-33-24-23(39-17)34-10-18(40-24)12(2-26)22-15(5-29)37-20(8-32)38-16(22)6-30/h9-10H/b17-11-,18-12+. The van der Waals surface area contributed by atoms with Crippen LogP contribution in [0.2, 0.25) is 0 Å². The first-order chi connectivity index (χ1) is 19.5. The van der Waals surface area contributed by atoms with Crippen LogP contribution in [0.25, 0.3) is 22.4 Å². The van der Waals surface area contributed by atoms with Crippen molar-refractivity contribution in [1.82, 2.24) is 39.9 Å². The Labute approximate surface area is 221 Å². The quantitative estimate of drug-likeness (QED) is 0.299. The van der Waals surface area contributed by atoms with Crippen molar-refractivity contribution >= 4 is 22.4 Å². The van der Waals surface area contributed by atoms with E-state index in [4.69, 9.17) is 10.5 Å². The van der Waals surface area contributed by atoms with Crippen LogP contribution in [0, 0.1) is 90.6 Å². The lowest BCUT2D eigenvalue weighted by molar-refractivity contribution is 1.05. The Morgan fingerprint density at radius 2 is 0.775 bits per heavy atom. The minimum atomic E-state index is -0.437. The van der Waals surface area contributed by atoms with E-state index in [9.17, 15) is 31.6 Å². The number of fused-ring (bicyclic) bond motifs is 1. The van der Waals surface area contributed by atoms with Gasteiger partial charge in [-0.25, -0.2) is 39.9 Å². The molecule has 0 saturated carbocycles. The first kappa shape index (κ1) is 25.3. The number of aromatic nitrogens is 8. The predicted octanol–water partition coefficient (Wildman–Crippen LogP) is -1.32. The van der Waals surface area contributed by atoms with Crippen molar-refractivity contribution in [3.05, 3.63) is 68.6 Å². The highest BCUT2D eigenvalue weighted by molar-refractivity contribution is 5.83. The van der Waals surface area contributed by atoms with Crippen molar-refractivity contribution in [2.75, 3.05) is 0 Å². The number of hydrogen-bond acceptors (Lipinski definition) is 16. The zero-order valence-electron chi connectivity index (χ0n) is 19.3. The van der Waals surface area contributed by atoms with E-state index in [0.717, 1.165) is 12.4 Å². The lowest BCUT2D eigenvalue weighted by Gasteiger charge is -2.05. The number of hydrogen-bond donors (Lipinski definition) is 0. The normalized spacial score (nSPS) is 11.1. The van der Waals surface area contributed by atoms with Gasteiger partial charge in [0.15, 0.2) is 34.1 Å². The molecule has 40 heavy (non-hydrogen) atoms. The summed E-state index contributed by atoms with van der Waals surface area (Å²) in [6, 6.07) is 13.8. The second-order valence-corrected chi connectivity index (χ2v) is 7.04. The van der Waals surface area contributed by atoms with Crippen LogP contribution < -0.4 is 10.7 Å². The van der Waals surface area contributed by atoms with E-state index in [2.05, 4.69) is 39.9 Å². The van der Waals surface area contributed by atoms with Gasteiger partial charge in [-0.05, 0) is 0 Å². The molecule has 16 nitrogen and oxygen atoms in total. The summed E-state index contributed by atoms with van der Waals surface area (Å²) < 4.78 is 0. The fourth-order valence-electron chi connectivity index (χ4n) is 3.35. The number of rotatable bonds is 2. The fraction of sp³-hybridized carbons (Fsp3) is 0. The summed E-state index contributed by atoms with van der Waals surface area (Å²) in [5.41, 5.74) is -2.93. The molecule has 0 fully saturated rings. The minimum Gasteiger partial charge on any atom is -0.232 e. The predicted molar refractivity (Wildman–Crippen MR) is 123 cm³/mol. The average molecular weight is 514 g/mol. The molecule has 4 aromatic heterocycles. The summed E-state index contributed by atoms with van der Waals surface area (Å²) in [7, 11) is 0. The molecular weight excluding hydrogens is 512 g/mol. The van der Waals surface area contributed by atoms with Gasteiger partial charge >= 0.3 is 0 Å². The van der Waals surface area contributed by atoms with Gasteiger partial charge in [0, 0.05) is 0 Å². The minimum absolute atomic E-state index is 0.116. The van der Waals surface area contributed by atoms with E-state index in [1.54, 1.807) is 36.4 Å². The molecule has 0 bridgehead atoms. The molecule has 0 unspecified atom stereocenters. The molecule has 4 rings (SSSR count). The van der Waals surface area contributed by atoms with Gasteiger partial charge in [-0.3, -0.25) is 0 Å². The van der Waals surface area contributed by atoms with Crippen LogP contribution >= 0.6 is 0 Å². The summed E-state index contributed by atoms with van der Waals surface area (Å²) in [6.45, 7) is 0. The highest BCUT2D eigenvalue weighted by atomic mass is 15.0.